The molecule has 0 bridgehead atoms. The fourth-order valence-corrected chi connectivity index (χ4v) is 3.03. The number of nitrogens with one attached hydrogen (secondary N) is 2. The first-order valence-electron chi connectivity index (χ1n) is 9.00. The van der Waals surface area contributed by atoms with E-state index in [4.69, 9.17) is 4.74 Å². The highest BCUT2D eigenvalue weighted by molar-refractivity contribution is 14.0. The molecule has 1 aliphatic heterocycles. The van der Waals surface area contributed by atoms with Crippen LogP contribution < -0.4 is 10.6 Å². The van der Waals surface area contributed by atoms with Gasteiger partial charge in [0.15, 0.2) is 5.96 Å². The second-order valence-electron chi connectivity index (χ2n) is 7.01. The van der Waals surface area contributed by atoms with Gasteiger partial charge >= 0.3 is 0 Å². The molecule has 6 nitrogen and oxygen atoms in total. The Kier molecular flexibility index (Phi) is 10.4. The van der Waals surface area contributed by atoms with Gasteiger partial charge in [-0.25, -0.2) is 0 Å². The average Bonchev–Trinajstić information content (AvgIpc) is 2.66. The van der Waals surface area contributed by atoms with Crippen LogP contribution in [0.3, 0.4) is 0 Å². The minimum absolute atomic E-state index is 0. The number of nitrogens with zero attached hydrogens (tertiary/aromatic N) is 2. The SMILES string of the molecule is CN=C(NCC(CO)c1ccccc1)NCC(C)(C)N1CCOCC1.I. The van der Waals surface area contributed by atoms with Crippen molar-refractivity contribution in [3.8, 4) is 0 Å². The van der Waals surface area contributed by atoms with Gasteiger partial charge in [0, 0.05) is 44.7 Å². The van der Waals surface area contributed by atoms with E-state index < -0.39 is 0 Å². The monoisotopic (exact) mass is 476 g/mol. The summed E-state index contributed by atoms with van der Waals surface area (Å²) >= 11 is 0. The van der Waals surface area contributed by atoms with Crippen LogP contribution in [0.4, 0.5) is 0 Å². The predicted molar refractivity (Wildman–Crippen MR) is 118 cm³/mol. The summed E-state index contributed by atoms with van der Waals surface area (Å²) in [7, 11) is 1.77. The summed E-state index contributed by atoms with van der Waals surface area (Å²) < 4.78 is 5.44. The van der Waals surface area contributed by atoms with Crippen molar-refractivity contribution >= 4 is 29.9 Å². The topological polar surface area (TPSA) is 69.1 Å². The van der Waals surface area contributed by atoms with Gasteiger partial charge in [0.2, 0.25) is 0 Å². The first-order valence-corrected chi connectivity index (χ1v) is 9.00. The molecule has 26 heavy (non-hydrogen) atoms. The first kappa shape index (κ1) is 23.1. The van der Waals surface area contributed by atoms with Crippen molar-refractivity contribution in [1.82, 2.24) is 15.5 Å². The number of morpholine rings is 1. The van der Waals surface area contributed by atoms with Crippen LogP contribution in [0.25, 0.3) is 0 Å². The lowest BCUT2D eigenvalue weighted by atomic mass is 10.0. The van der Waals surface area contributed by atoms with Gasteiger partial charge in [-0.05, 0) is 19.4 Å². The zero-order chi connectivity index (χ0) is 18.1. The smallest absolute Gasteiger partial charge is 0.191 e. The number of benzene rings is 1. The fourth-order valence-electron chi connectivity index (χ4n) is 3.03. The number of aliphatic imine (C=N–C) groups is 1. The Hall–Kier alpha value is -0.900. The van der Waals surface area contributed by atoms with Gasteiger partial charge in [-0.2, -0.15) is 0 Å². The third-order valence-electron chi connectivity index (χ3n) is 4.79. The van der Waals surface area contributed by atoms with Crippen LogP contribution in [0.1, 0.15) is 25.3 Å². The van der Waals surface area contributed by atoms with E-state index in [0.717, 1.165) is 44.4 Å². The van der Waals surface area contributed by atoms with Crippen LogP contribution in [0.5, 0.6) is 0 Å². The van der Waals surface area contributed by atoms with E-state index in [2.05, 4.69) is 34.4 Å². The summed E-state index contributed by atoms with van der Waals surface area (Å²) in [5.41, 5.74) is 1.15. The zero-order valence-electron chi connectivity index (χ0n) is 16.1. The number of guanidine groups is 1. The Balaban J connectivity index is 0.00000338. The fraction of sp³-hybridized carbons (Fsp3) is 0.632. The Morgan fingerprint density at radius 2 is 1.88 bits per heavy atom. The van der Waals surface area contributed by atoms with E-state index in [-0.39, 0.29) is 42.0 Å². The Labute approximate surface area is 174 Å². The summed E-state index contributed by atoms with van der Waals surface area (Å²) in [6, 6.07) is 10.1. The molecular weight excluding hydrogens is 443 g/mol. The molecule has 1 heterocycles. The van der Waals surface area contributed by atoms with Crippen molar-refractivity contribution in [3.63, 3.8) is 0 Å². The predicted octanol–water partition coefficient (Wildman–Crippen LogP) is 1.66. The lowest BCUT2D eigenvalue weighted by Crippen LogP contribution is -2.56. The molecule has 1 atom stereocenters. The number of rotatable bonds is 7. The third kappa shape index (κ3) is 7.02. The Morgan fingerprint density at radius 3 is 2.46 bits per heavy atom. The molecule has 0 aromatic heterocycles. The summed E-state index contributed by atoms with van der Waals surface area (Å²) in [5.74, 6) is 0.808. The molecule has 0 aliphatic carbocycles. The number of hydrogen-bond acceptors (Lipinski definition) is 4. The minimum Gasteiger partial charge on any atom is -0.396 e. The number of halogens is 1. The molecule has 1 aromatic carbocycles. The number of ether oxygens (including phenoxy) is 1. The lowest BCUT2D eigenvalue weighted by Gasteiger charge is -2.41. The van der Waals surface area contributed by atoms with Crippen molar-refractivity contribution in [2.75, 3.05) is 53.0 Å². The van der Waals surface area contributed by atoms with Gasteiger partial charge in [-0.15, -0.1) is 24.0 Å². The largest absolute Gasteiger partial charge is 0.396 e. The maximum absolute atomic E-state index is 9.68. The highest BCUT2D eigenvalue weighted by atomic mass is 127. The molecule has 1 unspecified atom stereocenters. The molecule has 1 aliphatic rings. The molecule has 148 valence electrons. The molecule has 0 spiro atoms. The standard InChI is InChI=1S/C19H32N4O2.HI/c1-19(2,23-9-11-25-12-10-23)15-22-18(20-3)21-13-17(14-24)16-7-5-4-6-8-16;/h4-8,17,24H,9-15H2,1-3H3,(H2,20,21,22);1H. The molecule has 7 heteroatoms. The zero-order valence-corrected chi connectivity index (χ0v) is 18.4. The van der Waals surface area contributed by atoms with Crippen molar-refractivity contribution in [3.05, 3.63) is 35.9 Å². The normalized spacial score (nSPS) is 17.3. The van der Waals surface area contributed by atoms with Crippen LogP contribution in [-0.4, -0.2) is 74.6 Å². The number of aliphatic hydroxyl groups is 1. The van der Waals surface area contributed by atoms with Gasteiger partial charge in [0.05, 0.1) is 19.8 Å². The minimum atomic E-state index is 0. The van der Waals surface area contributed by atoms with E-state index in [1.54, 1.807) is 7.05 Å². The quantitative estimate of drug-likeness (QED) is 0.317. The van der Waals surface area contributed by atoms with Crippen molar-refractivity contribution < 1.29 is 9.84 Å². The highest BCUT2D eigenvalue weighted by Crippen LogP contribution is 2.15. The van der Waals surface area contributed by atoms with Gasteiger partial charge in [0.1, 0.15) is 0 Å². The lowest BCUT2D eigenvalue weighted by molar-refractivity contribution is -0.00834. The maximum atomic E-state index is 9.68. The molecule has 2 rings (SSSR count). The summed E-state index contributed by atoms with van der Waals surface area (Å²) in [5, 5.41) is 16.4. The average molecular weight is 476 g/mol. The maximum Gasteiger partial charge on any atom is 0.191 e. The van der Waals surface area contributed by atoms with Gasteiger partial charge in [-0.1, -0.05) is 30.3 Å². The molecule has 1 saturated heterocycles. The third-order valence-corrected chi connectivity index (χ3v) is 4.79. The van der Waals surface area contributed by atoms with E-state index >= 15 is 0 Å². The van der Waals surface area contributed by atoms with E-state index in [1.165, 1.54) is 0 Å². The van der Waals surface area contributed by atoms with E-state index in [1.807, 2.05) is 30.3 Å². The van der Waals surface area contributed by atoms with Crippen LogP contribution in [-0.2, 0) is 4.74 Å². The van der Waals surface area contributed by atoms with E-state index in [0.29, 0.717) is 6.54 Å². The van der Waals surface area contributed by atoms with Gasteiger partial charge in [-0.3, -0.25) is 9.89 Å². The van der Waals surface area contributed by atoms with Crippen molar-refractivity contribution in [2.45, 2.75) is 25.3 Å². The molecule has 1 fully saturated rings. The first-order chi connectivity index (χ1) is 12.1. The molecular formula is C19H33IN4O2. The van der Waals surface area contributed by atoms with Crippen LogP contribution in [0.2, 0.25) is 0 Å². The Bertz CT molecular complexity index is 534. The number of hydrogen-bond donors (Lipinski definition) is 3. The molecule has 0 saturated carbocycles. The summed E-state index contributed by atoms with van der Waals surface area (Å²) in [6.45, 7) is 9.52. The second-order valence-corrected chi connectivity index (χ2v) is 7.01. The Morgan fingerprint density at radius 1 is 1.23 bits per heavy atom. The van der Waals surface area contributed by atoms with Gasteiger partial charge < -0.3 is 20.5 Å². The molecule has 1 aromatic rings. The summed E-state index contributed by atoms with van der Waals surface area (Å²) in [6.07, 6.45) is 0. The molecule has 0 amide bonds. The van der Waals surface area contributed by atoms with Crippen LogP contribution in [0.15, 0.2) is 35.3 Å². The summed E-state index contributed by atoms with van der Waals surface area (Å²) in [4.78, 5) is 6.75. The second kappa shape index (κ2) is 11.7. The van der Waals surface area contributed by atoms with Crippen molar-refractivity contribution in [2.24, 2.45) is 4.99 Å². The van der Waals surface area contributed by atoms with Gasteiger partial charge in [0.25, 0.3) is 0 Å². The van der Waals surface area contributed by atoms with E-state index in [9.17, 15) is 5.11 Å². The molecule has 3 N–H and O–H groups in total. The van der Waals surface area contributed by atoms with Crippen LogP contribution in [0, 0.1) is 0 Å². The highest BCUT2D eigenvalue weighted by Gasteiger charge is 2.28. The number of aliphatic hydroxyl groups excluding tert-OH is 1. The molecule has 0 radical (unpaired) electrons. The van der Waals surface area contributed by atoms with Crippen molar-refractivity contribution in [1.29, 1.82) is 0 Å². The van der Waals surface area contributed by atoms with Crippen LogP contribution >= 0.6 is 24.0 Å².